The Bertz CT molecular complexity index is 1070. The Balaban J connectivity index is 1.73. The van der Waals surface area contributed by atoms with E-state index < -0.39 is 10.0 Å². The minimum Gasteiger partial charge on any atom is -0.378 e. The number of anilines is 2. The van der Waals surface area contributed by atoms with Gasteiger partial charge < -0.3 is 5.32 Å². The standard InChI is InChI=1S/C22H21BrN2O2S/c1-16-15-21(24-18-13-11-17(23)12-14-18)20-9-5-6-10-22(20)25(16)28(26,27)19-7-3-2-4-8-19/h2-14,16,21,24H,15H2,1H3. The fourth-order valence-corrected chi connectivity index (χ4v) is 5.72. The SMILES string of the molecule is CC1CC(Nc2ccc(Br)cc2)c2ccccc2N1S(=O)(=O)c1ccccc1. The smallest absolute Gasteiger partial charge is 0.264 e. The molecular formula is C22H21BrN2O2S. The molecule has 0 spiro atoms. The molecular weight excluding hydrogens is 436 g/mol. The van der Waals surface area contributed by atoms with Crippen LogP contribution in [-0.2, 0) is 10.0 Å². The molecule has 0 amide bonds. The topological polar surface area (TPSA) is 49.4 Å². The first kappa shape index (κ1) is 19.0. The van der Waals surface area contributed by atoms with E-state index in [1.807, 2.05) is 61.5 Å². The molecule has 1 aliphatic heterocycles. The number of hydrogen-bond acceptors (Lipinski definition) is 3. The van der Waals surface area contributed by atoms with E-state index in [1.54, 1.807) is 28.6 Å². The first-order valence-electron chi connectivity index (χ1n) is 9.17. The van der Waals surface area contributed by atoms with Crippen molar-refractivity contribution in [1.29, 1.82) is 0 Å². The molecule has 4 rings (SSSR count). The molecule has 28 heavy (non-hydrogen) atoms. The Labute approximate surface area is 174 Å². The van der Waals surface area contributed by atoms with Crippen molar-refractivity contribution in [1.82, 2.24) is 0 Å². The number of rotatable bonds is 4. The number of nitrogens with zero attached hydrogens (tertiary/aromatic N) is 1. The van der Waals surface area contributed by atoms with Crippen LogP contribution in [0.15, 0.2) is 88.2 Å². The molecule has 3 aromatic carbocycles. The first-order chi connectivity index (χ1) is 13.5. The van der Waals surface area contributed by atoms with Crippen LogP contribution in [0.4, 0.5) is 11.4 Å². The van der Waals surface area contributed by atoms with Gasteiger partial charge in [0.1, 0.15) is 0 Å². The average Bonchev–Trinajstić information content (AvgIpc) is 2.70. The molecule has 0 bridgehead atoms. The Hall–Kier alpha value is -2.31. The first-order valence-corrected chi connectivity index (χ1v) is 11.4. The summed E-state index contributed by atoms with van der Waals surface area (Å²) in [5.41, 5.74) is 2.73. The van der Waals surface area contributed by atoms with Gasteiger partial charge in [0.2, 0.25) is 0 Å². The predicted molar refractivity (Wildman–Crippen MR) is 117 cm³/mol. The normalized spacial score (nSPS) is 19.1. The third-order valence-electron chi connectivity index (χ3n) is 5.01. The van der Waals surface area contributed by atoms with Crippen LogP contribution in [0, 0.1) is 0 Å². The van der Waals surface area contributed by atoms with Gasteiger partial charge in [-0.1, -0.05) is 52.3 Å². The molecule has 1 heterocycles. The van der Waals surface area contributed by atoms with E-state index in [1.165, 1.54) is 0 Å². The van der Waals surface area contributed by atoms with Crippen LogP contribution in [0.1, 0.15) is 24.9 Å². The van der Waals surface area contributed by atoms with Crippen molar-refractivity contribution in [2.45, 2.75) is 30.3 Å². The van der Waals surface area contributed by atoms with Gasteiger partial charge >= 0.3 is 0 Å². The van der Waals surface area contributed by atoms with Crippen LogP contribution in [0.25, 0.3) is 0 Å². The van der Waals surface area contributed by atoms with E-state index in [9.17, 15) is 8.42 Å². The van der Waals surface area contributed by atoms with Crippen molar-refractivity contribution < 1.29 is 8.42 Å². The fourth-order valence-electron chi connectivity index (χ4n) is 3.74. The predicted octanol–water partition coefficient (Wildman–Crippen LogP) is 5.59. The van der Waals surface area contributed by atoms with Crippen LogP contribution in [0.3, 0.4) is 0 Å². The quantitative estimate of drug-likeness (QED) is 0.556. The Morgan fingerprint density at radius 2 is 1.57 bits per heavy atom. The average molecular weight is 457 g/mol. The molecule has 1 N–H and O–H groups in total. The molecule has 4 nitrogen and oxygen atoms in total. The summed E-state index contributed by atoms with van der Waals surface area (Å²) < 4.78 is 29.3. The van der Waals surface area contributed by atoms with E-state index >= 15 is 0 Å². The third kappa shape index (κ3) is 3.54. The van der Waals surface area contributed by atoms with Gasteiger partial charge in [-0.15, -0.1) is 0 Å². The zero-order valence-electron chi connectivity index (χ0n) is 15.4. The maximum Gasteiger partial charge on any atom is 0.264 e. The van der Waals surface area contributed by atoms with E-state index in [4.69, 9.17) is 0 Å². The van der Waals surface area contributed by atoms with Gasteiger partial charge in [-0.2, -0.15) is 0 Å². The van der Waals surface area contributed by atoms with E-state index in [0.717, 1.165) is 21.4 Å². The minimum absolute atomic E-state index is 0.0367. The number of para-hydroxylation sites is 1. The van der Waals surface area contributed by atoms with Crippen LogP contribution in [0.2, 0.25) is 0 Å². The van der Waals surface area contributed by atoms with Crippen LogP contribution in [0.5, 0.6) is 0 Å². The number of nitrogens with one attached hydrogen (secondary N) is 1. The van der Waals surface area contributed by atoms with Gasteiger partial charge in [-0.05, 0) is 61.4 Å². The zero-order chi connectivity index (χ0) is 19.7. The summed E-state index contributed by atoms with van der Waals surface area (Å²) in [6.07, 6.45) is 0.680. The number of hydrogen-bond donors (Lipinski definition) is 1. The number of fused-ring (bicyclic) bond motifs is 1. The summed E-state index contributed by atoms with van der Waals surface area (Å²) in [6, 6.07) is 24.3. The van der Waals surface area contributed by atoms with Crippen LogP contribution in [-0.4, -0.2) is 14.5 Å². The molecule has 3 aromatic rings. The van der Waals surface area contributed by atoms with Crippen molar-refractivity contribution in [3.05, 3.63) is 88.9 Å². The number of sulfonamides is 1. The summed E-state index contributed by atoms with van der Waals surface area (Å²) >= 11 is 3.46. The van der Waals surface area contributed by atoms with Gasteiger partial charge in [0.25, 0.3) is 10.0 Å². The van der Waals surface area contributed by atoms with Crippen LogP contribution >= 0.6 is 15.9 Å². The second-order valence-corrected chi connectivity index (χ2v) is 9.69. The largest absolute Gasteiger partial charge is 0.378 e. The molecule has 6 heteroatoms. The Morgan fingerprint density at radius 1 is 0.929 bits per heavy atom. The lowest BCUT2D eigenvalue weighted by Gasteiger charge is -2.40. The van der Waals surface area contributed by atoms with Gasteiger partial charge in [0, 0.05) is 16.2 Å². The van der Waals surface area contributed by atoms with Gasteiger partial charge in [0.05, 0.1) is 16.6 Å². The lowest BCUT2D eigenvalue weighted by Crippen LogP contribution is -2.44. The second kappa shape index (κ2) is 7.60. The van der Waals surface area contributed by atoms with Crippen LogP contribution < -0.4 is 9.62 Å². The van der Waals surface area contributed by atoms with Crippen molar-refractivity contribution >= 4 is 37.3 Å². The highest BCUT2D eigenvalue weighted by atomic mass is 79.9. The van der Waals surface area contributed by atoms with E-state index in [0.29, 0.717) is 11.3 Å². The summed E-state index contributed by atoms with van der Waals surface area (Å²) in [7, 11) is -3.63. The summed E-state index contributed by atoms with van der Waals surface area (Å²) in [6.45, 7) is 1.96. The molecule has 0 radical (unpaired) electrons. The van der Waals surface area contributed by atoms with Crippen molar-refractivity contribution in [3.8, 4) is 0 Å². The highest BCUT2D eigenvalue weighted by Gasteiger charge is 2.37. The van der Waals surface area contributed by atoms with Gasteiger partial charge in [0.15, 0.2) is 0 Å². The number of benzene rings is 3. The highest BCUT2D eigenvalue weighted by Crippen LogP contribution is 2.41. The summed E-state index contributed by atoms with van der Waals surface area (Å²) in [5, 5.41) is 3.56. The highest BCUT2D eigenvalue weighted by molar-refractivity contribution is 9.10. The molecule has 0 saturated heterocycles. The second-order valence-electron chi connectivity index (χ2n) is 6.96. The van der Waals surface area contributed by atoms with Crippen molar-refractivity contribution in [2.75, 3.05) is 9.62 Å². The molecule has 0 aromatic heterocycles. The fraction of sp³-hybridized carbons (Fsp3) is 0.182. The molecule has 2 unspecified atom stereocenters. The lowest BCUT2D eigenvalue weighted by molar-refractivity contribution is 0.537. The summed E-state index contributed by atoms with van der Waals surface area (Å²) in [4.78, 5) is 0.316. The minimum atomic E-state index is -3.63. The molecule has 0 saturated carbocycles. The molecule has 0 fully saturated rings. The van der Waals surface area contributed by atoms with Gasteiger partial charge in [-0.3, -0.25) is 4.31 Å². The zero-order valence-corrected chi connectivity index (χ0v) is 17.8. The number of halogens is 1. The molecule has 2 atom stereocenters. The monoisotopic (exact) mass is 456 g/mol. The lowest BCUT2D eigenvalue weighted by atomic mass is 9.93. The maximum atomic E-state index is 13.4. The van der Waals surface area contributed by atoms with Crippen molar-refractivity contribution in [3.63, 3.8) is 0 Å². The van der Waals surface area contributed by atoms with E-state index in [2.05, 4.69) is 21.2 Å². The molecule has 1 aliphatic rings. The maximum absolute atomic E-state index is 13.4. The molecule has 144 valence electrons. The molecule has 0 aliphatic carbocycles. The van der Waals surface area contributed by atoms with E-state index in [-0.39, 0.29) is 12.1 Å². The Kier molecular flexibility index (Phi) is 5.17. The van der Waals surface area contributed by atoms with Crippen molar-refractivity contribution in [2.24, 2.45) is 0 Å². The summed E-state index contributed by atoms with van der Waals surface area (Å²) in [5.74, 6) is 0. The third-order valence-corrected chi connectivity index (χ3v) is 7.48. The Morgan fingerprint density at radius 3 is 2.29 bits per heavy atom. The van der Waals surface area contributed by atoms with Gasteiger partial charge in [-0.25, -0.2) is 8.42 Å².